The highest BCUT2D eigenvalue weighted by Crippen LogP contribution is 2.46. The number of ketones is 1. The van der Waals surface area contributed by atoms with Crippen molar-refractivity contribution < 1.29 is 4.79 Å². The van der Waals surface area contributed by atoms with Gasteiger partial charge in [0.15, 0.2) is 5.78 Å². The molecule has 0 N–H and O–H groups in total. The van der Waals surface area contributed by atoms with Crippen LogP contribution in [0.3, 0.4) is 0 Å². The smallest absolute Gasteiger partial charge is 0.160 e. The highest BCUT2D eigenvalue weighted by Gasteiger charge is 2.44. The first-order valence-corrected chi connectivity index (χ1v) is 7.58. The summed E-state index contributed by atoms with van der Waals surface area (Å²) in [7, 11) is 0. The second kappa shape index (κ2) is 6.22. The Morgan fingerprint density at radius 3 is 2.35 bits per heavy atom. The van der Waals surface area contributed by atoms with Crippen molar-refractivity contribution in [2.24, 2.45) is 11.3 Å². The van der Waals surface area contributed by atoms with Crippen LogP contribution in [0.2, 0.25) is 0 Å². The molecule has 1 unspecified atom stereocenters. The number of carbonyl (C=O) groups excluding carboxylic acids is 1. The first-order valence-electron chi connectivity index (χ1n) is 7.58. The Morgan fingerprint density at radius 2 is 1.85 bits per heavy atom. The molecule has 0 amide bonds. The summed E-state index contributed by atoms with van der Waals surface area (Å²) < 4.78 is 0. The van der Waals surface area contributed by atoms with Crippen LogP contribution in [0.5, 0.6) is 0 Å². The lowest BCUT2D eigenvalue weighted by molar-refractivity contribution is -0.129. The van der Waals surface area contributed by atoms with E-state index < -0.39 is 5.92 Å². The van der Waals surface area contributed by atoms with Gasteiger partial charge in [-0.3, -0.25) is 4.79 Å². The van der Waals surface area contributed by atoms with Crippen molar-refractivity contribution in [2.45, 2.75) is 51.9 Å². The number of nitrogens with zero attached hydrogens (tertiary/aromatic N) is 1. The minimum Gasteiger partial charge on any atom is -0.297 e. The van der Waals surface area contributed by atoms with E-state index in [4.69, 9.17) is 0 Å². The fourth-order valence-electron chi connectivity index (χ4n) is 3.62. The molecule has 1 aliphatic rings. The van der Waals surface area contributed by atoms with Gasteiger partial charge in [0.1, 0.15) is 5.92 Å². The van der Waals surface area contributed by atoms with Gasteiger partial charge in [-0.05, 0) is 30.7 Å². The zero-order valence-electron chi connectivity index (χ0n) is 12.4. The second-order valence-corrected chi connectivity index (χ2v) is 6.42. The fourth-order valence-corrected chi connectivity index (χ4v) is 3.62. The highest BCUT2D eigenvalue weighted by molar-refractivity contribution is 5.93. The minimum absolute atomic E-state index is 0.150. The van der Waals surface area contributed by atoms with Crippen LogP contribution >= 0.6 is 0 Å². The Bertz CT molecular complexity index is 492. The van der Waals surface area contributed by atoms with E-state index in [1.807, 2.05) is 30.3 Å². The Hall–Kier alpha value is -1.62. The predicted octanol–water partition coefficient (Wildman–Crippen LogP) is 4.47. The Kier molecular flexibility index (Phi) is 4.60. The number of hydrogen-bond donors (Lipinski definition) is 0. The molecule has 0 aliphatic heterocycles. The van der Waals surface area contributed by atoms with E-state index >= 15 is 0 Å². The van der Waals surface area contributed by atoms with Crippen molar-refractivity contribution >= 4 is 5.78 Å². The van der Waals surface area contributed by atoms with Gasteiger partial charge in [-0.1, -0.05) is 57.0 Å². The molecule has 20 heavy (non-hydrogen) atoms. The van der Waals surface area contributed by atoms with Crippen LogP contribution in [-0.4, -0.2) is 5.78 Å². The second-order valence-electron chi connectivity index (χ2n) is 6.42. The minimum atomic E-state index is -0.604. The summed E-state index contributed by atoms with van der Waals surface area (Å²) in [5.74, 6) is 0.0395. The summed E-state index contributed by atoms with van der Waals surface area (Å²) in [6.07, 6.45) is 5.05. The number of hydrogen-bond acceptors (Lipinski definition) is 2. The molecule has 1 aromatic rings. The summed E-state index contributed by atoms with van der Waals surface area (Å²) >= 11 is 0. The van der Waals surface area contributed by atoms with Crippen molar-refractivity contribution in [1.29, 1.82) is 5.26 Å². The van der Waals surface area contributed by atoms with Crippen molar-refractivity contribution in [3.8, 4) is 6.07 Å². The molecule has 1 fully saturated rings. The van der Waals surface area contributed by atoms with E-state index in [0.717, 1.165) is 37.7 Å². The van der Waals surface area contributed by atoms with Gasteiger partial charge in [-0.15, -0.1) is 0 Å². The van der Waals surface area contributed by atoms with E-state index in [2.05, 4.69) is 19.9 Å². The van der Waals surface area contributed by atoms with Gasteiger partial charge in [0.05, 0.1) is 6.07 Å². The van der Waals surface area contributed by atoms with Crippen LogP contribution < -0.4 is 0 Å². The molecule has 1 atom stereocenters. The highest BCUT2D eigenvalue weighted by atomic mass is 16.1. The van der Waals surface area contributed by atoms with Crippen LogP contribution in [0.25, 0.3) is 0 Å². The molecule has 0 bridgehead atoms. The van der Waals surface area contributed by atoms with Crippen molar-refractivity contribution in [1.82, 2.24) is 0 Å². The van der Waals surface area contributed by atoms with Gasteiger partial charge in [0.25, 0.3) is 0 Å². The molecule has 0 spiro atoms. The van der Waals surface area contributed by atoms with Gasteiger partial charge in [-0.25, -0.2) is 0 Å². The molecule has 2 heteroatoms. The number of benzene rings is 1. The van der Waals surface area contributed by atoms with E-state index in [1.54, 1.807) is 0 Å². The molecule has 2 rings (SSSR count). The summed E-state index contributed by atoms with van der Waals surface area (Å²) in [4.78, 5) is 13.0. The average Bonchev–Trinajstić information content (AvgIpc) is 2.89. The van der Waals surface area contributed by atoms with Crippen molar-refractivity contribution in [3.05, 3.63) is 35.9 Å². The molecule has 0 heterocycles. The lowest BCUT2D eigenvalue weighted by atomic mass is 9.70. The molecule has 106 valence electrons. The number of Topliss-reactive ketones (excluding diaryl/α,β-unsaturated/α-hetero) is 1. The predicted molar refractivity (Wildman–Crippen MR) is 80.2 cm³/mol. The molecule has 1 saturated carbocycles. The summed E-state index contributed by atoms with van der Waals surface area (Å²) in [5.41, 5.74) is 0.583. The summed E-state index contributed by atoms with van der Waals surface area (Å²) in [5, 5.41) is 9.49. The van der Waals surface area contributed by atoms with Crippen LogP contribution in [0.15, 0.2) is 30.3 Å². The van der Waals surface area contributed by atoms with E-state index in [1.165, 1.54) is 0 Å². The zero-order valence-corrected chi connectivity index (χ0v) is 12.4. The Morgan fingerprint density at radius 1 is 1.25 bits per heavy atom. The molecule has 0 saturated heterocycles. The van der Waals surface area contributed by atoms with Gasteiger partial charge >= 0.3 is 0 Å². The molecule has 0 aromatic heterocycles. The van der Waals surface area contributed by atoms with Crippen LogP contribution in [0.1, 0.15) is 57.4 Å². The number of rotatable bonds is 5. The maximum atomic E-state index is 13.0. The van der Waals surface area contributed by atoms with Gasteiger partial charge in [0.2, 0.25) is 0 Å². The van der Waals surface area contributed by atoms with Crippen LogP contribution in [0.4, 0.5) is 0 Å². The lowest BCUT2D eigenvalue weighted by Gasteiger charge is -2.31. The first kappa shape index (κ1) is 14.8. The fraction of sp³-hybridized carbons (Fsp3) is 0.556. The topological polar surface area (TPSA) is 40.9 Å². The molecule has 1 aromatic carbocycles. The molecule has 1 aliphatic carbocycles. The summed E-state index contributed by atoms with van der Waals surface area (Å²) in [6, 6.07) is 11.7. The normalized spacial score (nSPS) is 18.7. The molecular weight excluding hydrogens is 246 g/mol. The molecule has 0 radical (unpaired) electrons. The Balaban J connectivity index is 2.29. The molecular formula is C18H23NO. The SMILES string of the molecule is CC(C)CC1(C(=O)C(C#N)c2ccccc2)CCCC1. The lowest BCUT2D eigenvalue weighted by Crippen LogP contribution is -2.33. The number of nitriles is 1. The standard InChI is InChI=1S/C18H23NO/c1-14(2)12-18(10-6-7-11-18)17(20)16(13-19)15-8-4-3-5-9-15/h3-5,8-9,14,16H,6-7,10-12H2,1-2H3. The van der Waals surface area contributed by atoms with Crippen molar-refractivity contribution in [2.75, 3.05) is 0 Å². The monoisotopic (exact) mass is 269 g/mol. The average molecular weight is 269 g/mol. The third-order valence-electron chi connectivity index (χ3n) is 4.41. The van der Waals surface area contributed by atoms with E-state index in [0.29, 0.717) is 5.92 Å². The largest absolute Gasteiger partial charge is 0.297 e. The first-order chi connectivity index (χ1) is 9.59. The Labute approximate surface area is 121 Å². The van der Waals surface area contributed by atoms with Gasteiger partial charge < -0.3 is 0 Å². The quantitative estimate of drug-likeness (QED) is 0.791. The van der Waals surface area contributed by atoms with Gasteiger partial charge in [0, 0.05) is 5.41 Å². The van der Waals surface area contributed by atoms with E-state index in [-0.39, 0.29) is 11.2 Å². The van der Waals surface area contributed by atoms with Crippen molar-refractivity contribution in [3.63, 3.8) is 0 Å². The van der Waals surface area contributed by atoms with Crippen LogP contribution in [-0.2, 0) is 4.79 Å². The summed E-state index contributed by atoms with van der Waals surface area (Å²) in [6.45, 7) is 4.33. The zero-order chi connectivity index (χ0) is 14.6. The molecule has 2 nitrogen and oxygen atoms in total. The van der Waals surface area contributed by atoms with E-state index in [9.17, 15) is 10.1 Å². The third kappa shape index (κ3) is 2.93. The van der Waals surface area contributed by atoms with Crippen LogP contribution in [0, 0.1) is 22.7 Å². The maximum absolute atomic E-state index is 13.0. The number of carbonyl (C=O) groups is 1. The third-order valence-corrected chi connectivity index (χ3v) is 4.41. The maximum Gasteiger partial charge on any atom is 0.160 e. The van der Waals surface area contributed by atoms with Gasteiger partial charge in [-0.2, -0.15) is 5.26 Å².